The normalized spacial score (nSPS) is 28.9. The number of hydrogen-bond donors (Lipinski definition) is 0. The first-order valence-electron chi connectivity index (χ1n) is 10.0. The van der Waals surface area contributed by atoms with E-state index in [4.69, 9.17) is 4.74 Å². The molecular formula is C22H37NO3. The van der Waals surface area contributed by atoms with E-state index in [-0.39, 0.29) is 40.7 Å². The van der Waals surface area contributed by atoms with Gasteiger partial charge in [0.1, 0.15) is 5.78 Å². The van der Waals surface area contributed by atoms with E-state index in [1.807, 2.05) is 48.5 Å². The lowest BCUT2D eigenvalue weighted by Gasteiger charge is -2.60. The molecule has 3 saturated carbocycles. The number of amides is 1. The number of hydrogen-bond acceptors (Lipinski definition) is 3. The van der Waals surface area contributed by atoms with Crippen molar-refractivity contribution in [2.75, 3.05) is 0 Å². The van der Waals surface area contributed by atoms with Gasteiger partial charge in [-0.05, 0) is 63.4 Å². The van der Waals surface area contributed by atoms with Gasteiger partial charge in [-0.2, -0.15) is 0 Å². The number of allylic oxidation sites excluding steroid dienone is 1. The fourth-order valence-corrected chi connectivity index (χ4v) is 4.79. The number of ketones is 1. The third-order valence-electron chi connectivity index (χ3n) is 6.47. The van der Waals surface area contributed by atoms with Gasteiger partial charge in [0.2, 0.25) is 0 Å². The zero-order chi connectivity index (χ0) is 20.0. The van der Waals surface area contributed by atoms with Crippen LogP contribution >= 0.6 is 0 Å². The zero-order valence-electron chi connectivity index (χ0n) is 18.1. The second kappa shape index (κ2) is 7.01. The van der Waals surface area contributed by atoms with Crippen LogP contribution in [0.4, 0.5) is 4.79 Å². The standard InChI is InChI=1S/C22H37NO3/c1-13(2)23(14(3)4)20(25)26-12-17-16(19(24)21(5,6)7)10-15-11-18(17)22(15,8)9/h12-16,18H,10-11H2,1-9H3/b17-12+/t15-,16-,18-/m0/s1. The summed E-state index contributed by atoms with van der Waals surface area (Å²) in [4.78, 5) is 27.3. The van der Waals surface area contributed by atoms with Crippen LogP contribution < -0.4 is 0 Å². The molecule has 3 fully saturated rings. The number of Topliss-reactive ketones (excluding diaryl/α,β-unsaturated/α-hetero) is 1. The summed E-state index contributed by atoms with van der Waals surface area (Å²) in [5.74, 6) is 1.05. The van der Waals surface area contributed by atoms with E-state index in [9.17, 15) is 9.59 Å². The van der Waals surface area contributed by atoms with Crippen LogP contribution in [-0.4, -0.2) is 28.9 Å². The Labute approximate surface area is 159 Å². The highest BCUT2D eigenvalue weighted by Crippen LogP contribution is 2.63. The number of nitrogens with zero attached hydrogens (tertiary/aromatic N) is 1. The minimum Gasteiger partial charge on any atom is -0.418 e. The van der Waals surface area contributed by atoms with Crippen molar-refractivity contribution in [2.24, 2.45) is 28.6 Å². The molecule has 2 bridgehead atoms. The molecule has 0 unspecified atom stereocenters. The van der Waals surface area contributed by atoms with Gasteiger partial charge in [0.05, 0.1) is 6.26 Å². The summed E-state index contributed by atoms with van der Waals surface area (Å²) in [7, 11) is 0. The first kappa shape index (κ1) is 21.0. The van der Waals surface area contributed by atoms with Crippen LogP contribution in [0.15, 0.2) is 11.8 Å². The highest BCUT2D eigenvalue weighted by Gasteiger charge is 2.57. The van der Waals surface area contributed by atoms with Crippen molar-refractivity contribution in [3.05, 3.63) is 11.8 Å². The number of carbonyl (C=O) groups is 2. The van der Waals surface area contributed by atoms with Crippen molar-refractivity contribution in [1.29, 1.82) is 0 Å². The van der Waals surface area contributed by atoms with Crippen LogP contribution in [0.1, 0.15) is 75.2 Å². The fraction of sp³-hybridized carbons (Fsp3) is 0.818. The summed E-state index contributed by atoms with van der Waals surface area (Å²) in [6.45, 7) is 18.4. The number of rotatable bonds is 4. The van der Waals surface area contributed by atoms with Gasteiger partial charge in [-0.1, -0.05) is 34.6 Å². The number of fused-ring (bicyclic) bond motifs is 2. The van der Waals surface area contributed by atoms with Gasteiger partial charge in [0, 0.05) is 23.4 Å². The molecule has 0 saturated heterocycles. The van der Waals surface area contributed by atoms with Crippen LogP contribution in [0, 0.1) is 28.6 Å². The van der Waals surface area contributed by atoms with Crippen molar-refractivity contribution in [2.45, 2.75) is 87.2 Å². The Morgan fingerprint density at radius 1 is 1.12 bits per heavy atom. The van der Waals surface area contributed by atoms with Crippen molar-refractivity contribution in [1.82, 2.24) is 4.90 Å². The molecule has 0 N–H and O–H groups in total. The quantitative estimate of drug-likeness (QED) is 0.626. The fourth-order valence-electron chi connectivity index (χ4n) is 4.79. The summed E-state index contributed by atoms with van der Waals surface area (Å²) in [6, 6.07) is 0.146. The third-order valence-corrected chi connectivity index (χ3v) is 6.47. The Balaban J connectivity index is 2.27. The summed E-state index contributed by atoms with van der Waals surface area (Å²) < 4.78 is 5.62. The minimum atomic E-state index is -0.385. The topological polar surface area (TPSA) is 46.6 Å². The molecule has 0 aromatic carbocycles. The lowest BCUT2D eigenvalue weighted by atomic mass is 9.44. The lowest BCUT2D eigenvalue weighted by molar-refractivity contribution is -0.136. The molecule has 1 amide bonds. The Morgan fingerprint density at radius 2 is 1.65 bits per heavy atom. The van der Waals surface area contributed by atoms with E-state index in [0.717, 1.165) is 18.4 Å². The Bertz CT molecular complexity index is 587. The maximum atomic E-state index is 13.0. The molecule has 0 aromatic rings. The van der Waals surface area contributed by atoms with Crippen LogP contribution in [-0.2, 0) is 9.53 Å². The average Bonchev–Trinajstić information content (AvgIpc) is 2.49. The Morgan fingerprint density at radius 3 is 2.08 bits per heavy atom. The maximum Gasteiger partial charge on any atom is 0.415 e. The molecule has 3 aliphatic rings. The number of carbonyl (C=O) groups excluding carboxylic acids is 2. The van der Waals surface area contributed by atoms with E-state index < -0.39 is 0 Å². The molecule has 3 rings (SSSR count). The van der Waals surface area contributed by atoms with E-state index >= 15 is 0 Å². The van der Waals surface area contributed by atoms with Crippen LogP contribution in [0.5, 0.6) is 0 Å². The molecule has 3 aliphatic carbocycles. The predicted molar refractivity (Wildman–Crippen MR) is 105 cm³/mol. The maximum absolute atomic E-state index is 13.0. The van der Waals surface area contributed by atoms with Gasteiger partial charge in [-0.3, -0.25) is 4.79 Å². The molecule has 26 heavy (non-hydrogen) atoms. The first-order valence-corrected chi connectivity index (χ1v) is 10.0. The summed E-state index contributed by atoms with van der Waals surface area (Å²) >= 11 is 0. The van der Waals surface area contributed by atoms with Crippen molar-refractivity contribution < 1.29 is 14.3 Å². The highest BCUT2D eigenvalue weighted by molar-refractivity contribution is 5.89. The van der Waals surface area contributed by atoms with Gasteiger partial charge in [0.15, 0.2) is 0 Å². The lowest BCUT2D eigenvalue weighted by Crippen LogP contribution is -2.54. The molecule has 4 heteroatoms. The molecule has 4 nitrogen and oxygen atoms in total. The van der Waals surface area contributed by atoms with Crippen molar-refractivity contribution >= 4 is 11.9 Å². The molecule has 0 aromatic heterocycles. The van der Waals surface area contributed by atoms with Gasteiger partial charge in [0.25, 0.3) is 0 Å². The first-order chi connectivity index (χ1) is 11.8. The summed E-state index contributed by atoms with van der Waals surface area (Å²) in [5.41, 5.74) is 0.824. The van der Waals surface area contributed by atoms with Crippen LogP contribution in [0.3, 0.4) is 0 Å². The van der Waals surface area contributed by atoms with Crippen LogP contribution in [0.25, 0.3) is 0 Å². The van der Waals surface area contributed by atoms with Gasteiger partial charge < -0.3 is 9.64 Å². The van der Waals surface area contributed by atoms with Crippen LogP contribution in [0.2, 0.25) is 0 Å². The predicted octanol–water partition coefficient (Wildman–Crippen LogP) is 5.42. The largest absolute Gasteiger partial charge is 0.418 e. The van der Waals surface area contributed by atoms with E-state index in [1.54, 1.807) is 11.2 Å². The monoisotopic (exact) mass is 363 g/mol. The SMILES string of the molecule is CC(C)N(C(=O)O/C=C1\[C@@H](C(=O)C(C)(C)C)C[C@H]2C[C@@H]1C2(C)C)C(C)C. The van der Waals surface area contributed by atoms with E-state index in [1.165, 1.54) is 0 Å². The van der Waals surface area contributed by atoms with Gasteiger partial charge >= 0.3 is 6.09 Å². The van der Waals surface area contributed by atoms with E-state index in [2.05, 4.69) is 13.8 Å². The van der Waals surface area contributed by atoms with Gasteiger partial charge in [-0.25, -0.2) is 4.79 Å². The van der Waals surface area contributed by atoms with Crippen molar-refractivity contribution in [3.8, 4) is 0 Å². The molecule has 0 spiro atoms. The molecular weight excluding hydrogens is 326 g/mol. The Hall–Kier alpha value is -1.32. The van der Waals surface area contributed by atoms with E-state index in [0.29, 0.717) is 11.8 Å². The summed E-state index contributed by atoms with van der Waals surface area (Å²) in [6.07, 6.45) is 3.27. The van der Waals surface area contributed by atoms with Gasteiger partial charge in [-0.15, -0.1) is 0 Å². The molecule has 0 radical (unpaired) electrons. The zero-order valence-corrected chi connectivity index (χ0v) is 18.1. The molecule has 148 valence electrons. The third kappa shape index (κ3) is 3.70. The summed E-state index contributed by atoms with van der Waals surface area (Å²) in [5, 5.41) is 0. The molecule has 0 aliphatic heterocycles. The average molecular weight is 364 g/mol. The second-order valence-electron chi connectivity index (χ2n) is 10.3. The smallest absolute Gasteiger partial charge is 0.415 e. The van der Waals surface area contributed by atoms with Crippen molar-refractivity contribution in [3.63, 3.8) is 0 Å². The Kier molecular flexibility index (Phi) is 5.66. The molecule has 3 atom stereocenters. The highest BCUT2D eigenvalue weighted by atomic mass is 16.5. The second-order valence-corrected chi connectivity index (χ2v) is 10.3. The molecule has 0 heterocycles. The number of ether oxygens (including phenoxy) is 1. The minimum absolute atomic E-state index is 0.0729.